The molecule has 1 aromatic heterocycles. The van der Waals surface area contributed by atoms with Crippen molar-refractivity contribution in [3.8, 4) is 6.07 Å². The van der Waals surface area contributed by atoms with Crippen LogP contribution in [0.1, 0.15) is 58.2 Å². The Balaban J connectivity index is 0.00000150. The number of rotatable bonds is 14. The quantitative estimate of drug-likeness (QED) is 0.0675. The van der Waals surface area contributed by atoms with Crippen LogP contribution >= 0.6 is 23.4 Å². The number of pyridine rings is 1. The summed E-state index contributed by atoms with van der Waals surface area (Å²) in [4.78, 5) is 7.76. The van der Waals surface area contributed by atoms with Gasteiger partial charge in [-0.1, -0.05) is 43.5 Å². The maximum Gasteiger partial charge on any atom is 0.103 e. The Morgan fingerprint density at radius 2 is 2.02 bits per heavy atom. The van der Waals surface area contributed by atoms with Crippen LogP contribution in [-0.4, -0.2) is 56.7 Å². The molecule has 2 heterocycles. The van der Waals surface area contributed by atoms with Gasteiger partial charge in [-0.2, -0.15) is 5.26 Å². The molecular formula is C36H54ClN5O2S. The average Bonchev–Trinajstić information content (AvgIpc) is 3.05. The molecule has 1 unspecified atom stereocenters. The van der Waals surface area contributed by atoms with Crippen molar-refractivity contribution in [3.63, 3.8) is 0 Å². The van der Waals surface area contributed by atoms with E-state index in [4.69, 9.17) is 21.1 Å². The van der Waals surface area contributed by atoms with Gasteiger partial charge in [0.2, 0.25) is 0 Å². The molecule has 0 aliphatic carbocycles. The molecule has 0 saturated carbocycles. The van der Waals surface area contributed by atoms with E-state index in [-0.39, 0.29) is 0 Å². The van der Waals surface area contributed by atoms with Crippen molar-refractivity contribution in [2.24, 2.45) is 5.92 Å². The van der Waals surface area contributed by atoms with Crippen LogP contribution in [0.25, 0.3) is 0 Å². The molecule has 1 aliphatic rings. The summed E-state index contributed by atoms with van der Waals surface area (Å²) < 4.78 is 10.6. The highest BCUT2D eigenvalue weighted by atomic mass is 35.5. The highest BCUT2D eigenvalue weighted by Crippen LogP contribution is 2.37. The van der Waals surface area contributed by atoms with Crippen LogP contribution in [0.3, 0.4) is 0 Å². The van der Waals surface area contributed by atoms with Gasteiger partial charge in [-0.25, -0.2) is 0 Å². The third-order valence-corrected chi connectivity index (χ3v) is 8.17. The number of alkyl halides is 1. The van der Waals surface area contributed by atoms with E-state index in [9.17, 15) is 5.26 Å². The number of anilines is 1. The molecule has 1 aliphatic heterocycles. The fourth-order valence-electron chi connectivity index (χ4n) is 4.01. The molecule has 0 spiro atoms. The molecule has 0 amide bonds. The van der Waals surface area contributed by atoms with E-state index in [1.54, 1.807) is 49.6 Å². The third kappa shape index (κ3) is 17.6. The summed E-state index contributed by atoms with van der Waals surface area (Å²) in [7, 11) is 5.65. The second kappa shape index (κ2) is 25.9. The lowest BCUT2D eigenvalue weighted by molar-refractivity contribution is 0.125. The fourth-order valence-corrected chi connectivity index (χ4v) is 5.22. The topological polar surface area (TPSA) is 82.4 Å². The molecule has 248 valence electrons. The maximum absolute atomic E-state index is 9.50. The van der Waals surface area contributed by atoms with Crippen molar-refractivity contribution in [1.29, 1.82) is 5.26 Å². The minimum absolute atomic E-state index is 0.539. The standard InChI is InChI=1S/C27H39N5OS.C6H10O.C3H5Cl/c1-7-11-24(13-10-15-33-19-22-12-9-14-32(6)18-22)31-27(20(3)8-2)34-26-21(4)30-17-23(16-28)25(26)29-5;1-4-5-6(2)7-3;1-2-3-4/h7,10-11,13,15,17,22,31H,8-9,12,14,18-19H2,1-6H3,(H,29,30);4-5H,1H2,2-3H3;2H,1,3H2/b11-7-,15-10+,24-13+,27-20?;6-5+;. The van der Waals surface area contributed by atoms with Crippen molar-refractivity contribution >= 4 is 29.1 Å². The fraction of sp³-hybridized carbons (Fsp3) is 0.444. The van der Waals surface area contributed by atoms with Crippen LogP contribution in [0.5, 0.6) is 0 Å². The molecule has 0 bridgehead atoms. The normalized spacial score (nSPS) is 16.0. The van der Waals surface area contributed by atoms with Crippen LogP contribution in [0.2, 0.25) is 0 Å². The van der Waals surface area contributed by atoms with Gasteiger partial charge < -0.3 is 25.0 Å². The van der Waals surface area contributed by atoms with Gasteiger partial charge in [-0.15, -0.1) is 18.2 Å². The van der Waals surface area contributed by atoms with Gasteiger partial charge in [0, 0.05) is 37.3 Å². The Labute approximate surface area is 282 Å². The average molecular weight is 656 g/mol. The number of allylic oxidation sites excluding steroid dienone is 9. The number of ether oxygens (including phenoxy) is 2. The highest BCUT2D eigenvalue weighted by Gasteiger charge is 2.17. The van der Waals surface area contributed by atoms with Crippen molar-refractivity contribution in [1.82, 2.24) is 15.2 Å². The minimum atomic E-state index is 0.539. The van der Waals surface area contributed by atoms with Gasteiger partial charge in [0.05, 0.1) is 52.6 Å². The number of aryl methyl sites for hydroxylation is 1. The Morgan fingerprint density at radius 1 is 1.31 bits per heavy atom. The number of hydrogen-bond acceptors (Lipinski definition) is 8. The van der Waals surface area contributed by atoms with E-state index >= 15 is 0 Å². The van der Waals surface area contributed by atoms with E-state index < -0.39 is 0 Å². The Kier molecular flexibility index (Phi) is 24.0. The van der Waals surface area contributed by atoms with E-state index in [0.717, 1.165) is 52.3 Å². The van der Waals surface area contributed by atoms with Crippen molar-refractivity contribution in [3.05, 3.63) is 101 Å². The van der Waals surface area contributed by atoms with E-state index in [0.29, 0.717) is 17.4 Å². The lowest BCUT2D eigenvalue weighted by Crippen LogP contribution is -2.33. The maximum atomic E-state index is 9.50. The number of nitriles is 1. The molecule has 0 radical (unpaired) electrons. The minimum Gasteiger partial charge on any atom is -0.501 e. The van der Waals surface area contributed by atoms with Gasteiger partial charge in [-0.3, -0.25) is 4.98 Å². The third-order valence-electron chi connectivity index (χ3n) is 6.60. The lowest BCUT2D eigenvalue weighted by Gasteiger charge is -2.28. The number of methoxy groups -OCH3 is 1. The largest absolute Gasteiger partial charge is 0.501 e. The Morgan fingerprint density at radius 3 is 2.53 bits per heavy atom. The molecule has 9 heteroatoms. The van der Waals surface area contributed by atoms with Crippen LogP contribution in [0, 0.1) is 24.2 Å². The number of piperidine rings is 1. The van der Waals surface area contributed by atoms with E-state index in [1.165, 1.54) is 25.0 Å². The van der Waals surface area contributed by atoms with Crippen LogP contribution < -0.4 is 10.6 Å². The molecule has 1 fully saturated rings. The second-order valence-electron chi connectivity index (χ2n) is 10.2. The van der Waals surface area contributed by atoms with Crippen LogP contribution in [0.15, 0.2) is 95.1 Å². The first-order valence-corrected chi connectivity index (χ1v) is 16.5. The zero-order chi connectivity index (χ0) is 34.0. The second-order valence-corrected chi connectivity index (χ2v) is 11.6. The van der Waals surface area contributed by atoms with Crippen LogP contribution in [-0.2, 0) is 9.47 Å². The molecule has 7 nitrogen and oxygen atoms in total. The molecule has 1 atom stereocenters. The highest BCUT2D eigenvalue weighted by molar-refractivity contribution is 8.03. The number of nitrogens with zero attached hydrogens (tertiary/aromatic N) is 3. The van der Waals surface area contributed by atoms with Gasteiger partial charge in [0.15, 0.2) is 0 Å². The first-order chi connectivity index (χ1) is 21.6. The summed E-state index contributed by atoms with van der Waals surface area (Å²) in [6.45, 7) is 20.0. The number of nitrogens with one attached hydrogen (secondary N) is 2. The molecule has 2 rings (SSSR count). The summed E-state index contributed by atoms with van der Waals surface area (Å²) in [6.07, 6.45) is 19.9. The molecule has 45 heavy (non-hydrogen) atoms. The summed E-state index contributed by atoms with van der Waals surface area (Å²) >= 11 is 6.67. The predicted molar refractivity (Wildman–Crippen MR) is 195 cm³/mol. The van der Waals surface area contributed by atoms with Crippen molar-refractivity contribution in [2.75, 3.05) is 52.1 Å². The molecule has 1 aromatic rings. The first-order valence-electron chi connectivity index (χ1n) is 15.2. The summed E-state index contributed by atoms with van der Waals surface area (Å²) in [5, 5.41) is 17.3. The zero-order valence-corrected chi connectivity index (χ0v) is 30.2. The molecule has 2 N–H and O–H groups in total. The van der Waals surface area contributed by atoms with E-state index in [2.05, 4.69) is 60.6 Å². The number of aromatic nitrogens is 1. The number of halogens is 1. The van der Waals surface area contributed by atoms with Crippen LogP contribution in [0.4, 0.5) is 5.69 Å². The predicted octanol–water partition coefficient (Wildman–Crippen LogP) is 9.09. The number of thioether (sulfide) groups is 1. The van der Waals surface area contributed by atoms with Gasteiger partial charge in [-0.05, 0) is 90.4 Å². The van der Waals surface area contributed by atoms with Crippen molar-refractivity contribution < 1.29 is 9.47 Å². The van der Waals surface area contributed by atoms with Gasteiger partial charge >= 0.3 is 0 Å². The molecular weight excluding hydrogens is 602 g/mol. The van der Waals surface area contributed by atoms with E-state index in [1.807, 2.05) is 52.1 Å². The van der Waals surface area contributed by atoms with Gasteiger partial charge in [0.1, 0.15) is 6.07 Å². The Bertz CT molecular complexity index is 1230. The lowest BCUT2D eigenvalue weighted by atomic mass is 10.00. The monoisotopic (exact) mass is 655 g/mol. The number of hydrogen-bond donors (Lipinski definition) is 2. The summed E-state index contributed by atoms with van der Waals surface area (Å²) in [6, 6.07) is 2.23. The molecule has 0 aromatic carbocycles. The number of likely N-dealkylation sites (tertiary alicyclic amines) is 1. The zero-order valence-electron chi connectivity index (χ0n) is 28.6. The van der Waals surface area contributed by atoms with Gasteiger partial charge in [0.25, 0.3) is 0 Å². The SMILES string of the molecule is C=C/C=C(\C)OC.C=CCCl.C\C=C/C(=C\C=C\OCC1CCCN(C)C1)NC(Sc1c(C)ncc(C#N)c1NC)=C(C)CC. The summed E-state index contributed by atoms with van der Waals surface area (Å²) in [5.41, 5.74) is 4.42. The first kappa shape index (κ1) is 41.6. The smallest absolute Gasteiger partial charge is 0.103 e. The summed E-state index contributed by atoms with van der Waals surface area (Å²) in [5.74, 6) is 2.04. The molecule has 1 saturated heterocycles. The van der Waals surface area contributed by atoms with Crippen molar-refractivity contribution in [2.45, 2.75) is 58.8 Å². The Hall–Kier alpha value is -3.38.